The molecule has 1 aliphatic carbocycles. The fourth-order valence-corrected chi connectivity index (χ4v) is 6.09. The molecule has 6 nitrogen and oxygen atoms in total. The molecule has 0 radical (unpaired) electrons. The molecule has 26 heavy (non-hydrogen) atoms. The standard InChI is InChI=1S/C18H22ClNO5S/c19-14-8-16-17(25-11-24-16)9-15(14)20(13-4-2-1-3-5-13)18(21)12-6-7-26(22,23)10-12/h8-9,12-13H,1-7,10-11H2. The Morgan fingerprint density at radius 3 is 2.42 bits per heavy atom. The molecular weight excluding hydrogens is 378 g/mol. The highest BCUT2D eigenvalue weighted by Crippen LogP contribution is 2.43. The van der Waals surface area contributed by atoms with Crippen LogP contribution in [-0.4, -0.2) is 38.7 Å². The van der Waals surface area contributed by atoms with Crippen molar-refractivity contribution >= 4 is 33.0 Å². The molecule has 2 aliphatic heterocycles. The summed E-state index contributed by atoms with van der Waals surface area (Å²) < 4.78 is 34.5. The first-order chi connectivity index (χ1) is 12.4. The first-order valence-corrected chi connectivity index (χ1v) is 11.3. The first kappa shape index (κ1) is 17.9. The number of halogens is 1. The van der Waals surface area contributed by atoms with Gasteiger partial charge in [-0.2, -0.15) is 0 Å². The van der Waals surface area contributed by atoms with E-state index in [0.717, 1.165) is 32.1 Å². The van der Waals surface area contributed by atoms with E-state index in [1.54, 1.807) is 17.0 Å². The second kappa shape index (κ2) is 6.93. The average Bonchev–Trinajstić information content (AvgIpc) is 3.21. The Kier molecular flexibility index (Phi) is 4.77. The number of rotatable bonds is 3. The zero-order chi connectivity index (χ0) is 18.3. The van der Waals surface area contributed by atoms with Crippen molar-refractivity contribution in [3.05, 3.63) is 17.2 Å². The second-order valence-corrected chi connectivity index (χ2v) is 9.89. The molecule has 142 valence electrons. The van der Waals surface area contributed by atoms with Crippen LogP contribution in [0.1, 0.15) is 38.5 Å². The largest absolute Gasteiger partial charge is 0.454 e. The van der Waals surface area contributed by atoms with Crippen LogP contribution in [0.3, 0.4) is 0 Å². The summed E-state index contributed by atoms with van der Waals surface area (Å²) in [6.45, 7) is 0.132. The van der Waals surface area contributed by atoms with Gasteiger partial charge >= 0.3 is 0 Å². The van der Waals surface area contributed by atoms with Crippen molar-refractivity contribution in [3.63, 3.8) is 0 Å². The molecule has 0 aromatic heterocycles. The Bertz CT molecular complexity index is 819. The van der Waals surface area contributed by atoms with E-state index in [9.17, 15) is 13.2 Å². The molecule has 1 atom stereocenters. The Morgan fingerprint density at radius 2 is 1.77 bits per heavy atom. The number of amides is 1. The third-order valence-corrected chi connectivity index (χ3v) is 7.53. The normalized spacial score (nSPS) is 24.6. The minimum absolute atomic E-state index is 0.0393. The smallest absolute Gasteiger partial charge is 0.231 e. The van der Waals surface area contributed by atoms with Crippen LogP contribution in [0.2, 0.25) is 5.02 Å². The molecule has 1 amide bonds. The summed E-state index contributed by atoms with van der Waals surface area (Å²) in [6, 6.07) is 3.46. The highest BCUT2D eigenvalue weighted by atomic mass is 35.5. The van der Waals surface area contributed by atoms with E-state index in [1.807, 2.05) is 0 Å². The van der Waals surface area contributed by atoms with Gasteiger partial charge in [-0.05, 0) is 19.3 Å². The molecule has 1 saturated carbocycles. The van der Waals surface area contributed by atoms with Gasteiger partial charge in [0.2, 0.25) is 12.7 Å². The lowest BCUT2D eigenvalue weighted by Crippen LogP contribution is -2.45. The molecule has 0 bridgehead atoms. The molecule has 0 N–H and O–H groups in total. The fraction of sp³-hybridized carbons (Fsp3) is 0.611. The van der Waals surface area contributed by atoms with Crippen LogP contribution in [0.4, 0.5) is 5.69 Å². The van der Waals surface area contributed by atoms with Crippen molar-refractivity contribution in [2.75, 3.05) is 23.2 Å². The second-order valence-electron chi connectivity index (χ2n) is 7.26. The quantitative estimate of drug-likeness (QED) is 0.780. The van der Waals surface area contributed by atoms with Crippen LogP contribution in [0.15, 0.2) is 12.1 Å². The molecule has 2 heterocycles. The Hall–Kier alpha value is -1.47. The fourth-order valence-electron chi connectivity index (χ4n) is 4.11. The lowest BCUT2D eigenvalue weighted by molar-refractivity contribution is -0.122. The summed E-state index contributed by atoms with van der Waals surface area (Å²) in [6.07, 6.45) is 5.45. The number of fused-ring (bicyclic) bond motifs is 1. The maximum Gasteiger partial charge on any atom is 0.231 e. The third kappa shape index (κ3) is 3.39. The summed E-state index contributed by atoms with van der Waals surface area (Å²) >= 11 is 6.48. The lowest BCUT2D eigenvalue weighted by Gasteiger charge is -2.36. The van der Waals surface area contributed by atoms with Gasteiger partial charge in [0.15, 0.2) is 21.3 Å². The molecule has 0 spiro atoms. The topological polar surface area (TPSA) is 72.9 Å². The van der Waals surface area contributed by atoms with E-state index in [-0.39, 0.29) is 30.2 Å². The Balaban J connectivity index is 1.70. The summed E-state index contributed by atoms with van der Waals surface area (Å²) in [5, 5.41) is 0.425. The van der Waals surface area contributed by atoms with Crippen LogP contribution in [0.5, 0.6) is 11.5 Å². The SMILES string of the molecule is O=C(C1CCS(=O)(=O)C1)N(c1cc2c(cc1Cl)OCO2)C1CCCCC1. The first-order valence-electron chi connectivity index (χ1n) is 9.07. The monoisotopic (exact) mass is 399 g/mol. The molecule has 3 aliphatic rings. The van der Waals surface area contributed by atoms with Crippen LogP contribution < -0.4 is 14.4 Å². The number of benzene rings is 1. The van der Waals surface area contributed by atoms with Crippen LogP contribution in [0.25, 0.3) is 0 Å². The van der Waals surface area contributed by atoms with E-state index >= 15 is 0 Å². The average molecular weight is 400 g/mol. The van der Waals surface area contributed by atoms with E-state index in [4.69, 9.17) is 21.1 Å². The Morgan fingerprint density at radius 1 is 1.08 bits per heavy atom. The minimum Gasteiger partial charge on any atom is -0.454 e. The van der Waals surface area contributed by atoms with Gasteiger partial charge in [0.1, 0.15) is 0 Å². The lowest BCUT2D eigenvalue weighted by atomic mass is 9.92. The van der Waals surface area contributed by atoms with Crippen molar-refractivity contribution in [3.8, 4) is 11.5 Å². The molecule has 8 heteroatoms. The maximum absolute atomic E-state index is 13.3. The van der Waals surface area contributed by atoms with Gasteiger partial charge in [-0.3, -0.25) is 4.79 Å². The molecule has 1 aromatic carbocycles. The number of sulfone groups is 1. The van der Waals surface area contributed by atoms with E-state index < -0.39 is 15.8 Å². The summed E-state index contributed by atoms with van der Waals surface area (Å²) in [5.41, 5.74) is 0.595. The third-order valence-electron chi connectivity index (χ3n) is 5.46. The van der Waals surface area contributed by atoms with Gasteiger partial charge < -0.3 is 14.4 Å². The van der Waals surface area contributed by atoms with Gasteiger partial charge in [0.05, 0.1) is 28.1 Å². The number of carbonyl (C=O) groups excluding carboxylic acids is 1. The van der Waals surface area contributed by atoms with Gasteiger partial charge in [0.25, 0.3) is 0 Å². The van der Waals surface area contributed by atoms with Gasteiger partial charge in [-0.25, -0.2) is 8.42 Å². The van der Waals surface area contributed by atoms with Crippen LogP contribution in [-0.2, 0) is 14.6 Å². The zero-order valence-electron chi connectivity index (χ0n) is 14.4. The number of anilines is 1. The minimum atomic E-state index is -3.13. The summed E-state index contributed by atoms with van der Waals surface area (Å²) in [5.74, 6) is 0.506. The highest BCUT2D eigenvalue weighted by Gasteiger charge is 2.39. The van der Waals surface area contributed by atoms with Crippen molar-refractivity contribution in [1.82, 2.24) is 0 Å². The summed E-state index contributed by atoms with van der Waals surface area (Å²) in [4.78, 5) is 15.1. The van der Waals surface area contributed by atoms with Crippen molar-refractivity contribution in [1.29, 1.82) is 0 Å². The molecular formula is C18H22ClNO5S. The number of ether oxygens (including phenoxy) is 2. The van der Waals surface area contributed by atoms with Crippen LogP contribution in [0, 0.1) is 5.92 Å². The molecule has 2 fully saturated rings. The van der Waals surface area contributed by atoms with Crippen molar-refractivity contribution in [2.24, 2.45) is 5.92 Å². The maximum atomic E-state index is 13.3. The predicted octanol–water partition coefficient (Wildman–Crippen LogP) is 3.17. The number of hydrogen-bond acceptors (Lipinski definition) is 5. The summed E-state index contributed by atoms with van der Waals surface area (Å²) in [7, 11) is -3.13. The molecule has 4 rings (SSSR count). The van der Waals surface area contributed by atoms with E-state index in [1.165, 1.54) is 0 Å². The van der Waals surface area contributed by atoms with Crippen LogP contribution >= 0.6 is 11.6 Å². The number of nitrogens with zero attached hydrogens (tertiary/aromatic N) is 1. The van der Waals surface area contributed by atoms with Crippen molar-refractivity contribution < 1.29 is 22.7 Å². The number of carbonyl (C=O) groups is 1. The highest BCUT2D eigenvalue weighted by molar-refractivity contribution is 7.91. The molecule has 1 unspecified atom stereocenters. The van der Waals surface area contributed by atoms with Gasteiger partial charge in [0, 0.05) is 18.2 Å². The Labute approximate surface area is 158 Å². The van der Waals surface area contributed by atoms with Crippen molar-refractivity contribution in [2.45, 2.75) is 44.6 Å². The molecule has 1 saturated heterocycles. The van der Waals surface area contributed by atoms with E-state index in [2.05, 4.69) is 0 Å². The number of hydrogen-bond donors (Lipinski definition) is 0. The van der Waals surface area contributed by atoms with Gasteiger partial charge in [-0.15, -0.1) is 0 Å². The molecule has 1 aromatic rings. The van der Waals surface area contributed by atoms with Gasteiger partial charge in [-0.1, -0.05) is 30.9 Å². The predicted molar refractivity (Wildman–Crippen MR) is 98.7 cm³/mol. The van der Waals surface area contributed by atoms with E-state index in [0.29, 0.717) is 28.6 Å². The zero-order valence-corrected chi connectivity index (χ0v) is 16.0.